The van der Waals surface area contributed by atoms with Crippen LogP contribution in [0.2, 0.25) is 0 Å². The fraction of sp³-hybridized carbons (Fsp3) is 0.182. The highest BCUT2D eigenvalue weighted by atomic mass is 79.9. The largest absolute Gasteiger partial charge is 0.478 e. The molecule has 0 aliphatic carbocycles. The second-order valence-electron chi connectivity index (χ2n) is 3.27. The molecule has 0 atom stereocenters. The summed E-state index contributed by atoms with van der Waals surface area (Å²) in [6.07, 6.45) is 2.72. The number of carbonyl (C=O) groups is 1. The van der Waals surface area contributed by atoms with Gasteiger partial charge in [0.25, 0.3) is 0 Å². The van der Waals surface area contributed by atoms with Gasteiger partial charge >= 0.3 is 5.97 Å². The minimum Gasteiger partial charge on any atom is -0.478 e. The van der Waals surface area contributed by atoms with Crippen LogP contribution in [-0.4, -0.2) is 25.2 Å². The van der Waals surface area contributed by atoms with Crippen LogP contribution in [-0.2, 0) is 4.79 Å². The summed E-state index contributed by atoms with van der Waals surface area (Å²) in [4.78, 5) is 12.3. The van der Waals surface area contributed by atoms with E-state index in [-0.39, 0.29) is 0 Å². The molecule has 0 fully saturated rings. The Hall–Kier alpha value is -1.29. The Bertz CT molecular complexity index is 400. The van der Waals surface area contributed by atoms with Gasteiger partial charge in [0.2, 0.25) is 0 Å². The van der Waals surface area contributed by atoms with E-state index in [1.807, 2.05) is 37.2 Å². The molecule has 0 heterocycles. The molecule has 15 heavy (non-hydrogen) atoms. The number of nitrogens with zero attached hydrogens (tertiary/aromatic N) is 1. The molecule has 0 bridgehead atoms. The zero-order valence-corrected chi connectivity index (χ0v) is 10.2. The van der Waals surface area contributed by atoms with Gasteiger partial charge in [0.1, 0.15) is 0 Å². The summed E-state index contributed by atoms with van der Waals surface area (Å²) in [6.45, 7) is 0. The average molecular weight is 270 g/mol. The lowest BCUT2D eigenvalue weighted by atomic mass is 10.1. The van der Waals surface area contributed by atoms with Gasteiger partial charge in [-0.1, -0.05) is 22.0 Å². The Morgan fingerprint density at radius 3 is 2.67 bits per heavy atom. The first-order valence-corrected chi connectivity index (χ1v) is 5.18. The molecule has 4 heteroatoms. The van der Waals surface area contributed by atoms with Gasteiger partial charge in [0.05, 0.1) is 0 Å². The molecule has 0 saturated heterocycles. The maximum absolute atomic E-state index is 10.4. The van der Waals surface area contributed by atoms with E-state index < -0.39 is 5.97 Å². The van der Waals surface area contributed by atoms with Crippen LogP contribution in [0.3, 0.4) is 0 Å². The van der Waals surface area contributed by atoms with Crippen molar-refractivity contribution in [3.05, 3.63) is 34.3 Å². The van der Waals surface area contributed by atoms with Crippen LogP contribution in [0.25, 0.3) is 6.08 Å². The lowest BCUT2D eigenvalue weighted by Gasteiger charge is -2.15. The summed E-state index contributed by atoms with van der Waals surface area (Å²) in [7, 11) is 3.83. The maximum Gasteiger partial charge on any atom is 0.328 e. The number of carboxylic acid groups (broad SMARTS) is 1. The van der Waals surface area contributed by atoms with Gasteiger partial charge in [-0.3, -0.25) is 0 Å². The van der Waals surface area contributed by atoms with E-state index in [1.54, 1.807) is 6.08 Å². The first kappa shape index (κ1) is 11.8. The molecular formula is C11H12BrNO2. The Labute approximate surface area is 97.1 Å². The number of rotatable bonds is 3. The van der Waals surface area contributed by atoms with Crippen LogP contribution in [0.4, 0.5) is 5.69 Å². The quantitative estimate of drug-likeness (QED) is 0.858. The van der Waals surface area contributed by atoms with Gasteiger partial charge in [0, 0.05) is 30.3 Å². The molecule has 0 aromatic heterocycles. The number of benzene rings is 1. The fourth-order valence-corrected chi connectivity index (χ4v) is 1.56. The van der Waals surface area contributed by atoms with Crippen molar-refractivity contribution >= 4 is 33.7 Å². The van der Waals surface area contributed by atoms with Crippen molar-refractivity contribution in [2.75, 3.05) is 19.0 Å². The summed E-state index contributed by atoms with van der Waals surface area (Å²) in [5.41, 5.74) is 1.85. The molecule has 0 spiro atoms. The highest BCUT2D eigenvalue weighted by molar-refractivity contribution is 9.10. The third-order valence-corrected chi connectivity index (χ3v) is 2.37. The molecule has 0 aliphatic rings. The highest BCUT2D eigenvalue weighted by Gasteiger charge is 2.02. The van der Waals surface area contributed by atoms with E-state index >= 15 is 0 Å². The molecular weight excluding hydrogens is 258 g/mol. The van der Waals surface area contributed by atoms with Gasteiger partial charge in [-0.05, 0) is 23.8 Å². The molecule has 80 valence electrons. The van der Waals surface area contributed by atoms with Crippen LogP contribution >= 0.6 is 15.9 Å². The van der Waals surface area contributed by atoms with E-state index in [0.717, 1.165) is 21.8 Å². The number of halogens is 1. The molecule has 1 aromatic rings. The third-order valence-electron chi connectivity index (χ3n) is 1.88. The molecule has 1 rings (SSSR count). The van der Waals surface area contributed by atoms with Gasteiger partial charge in [-0.2, -0.15) is 0 Å². The Kier molecular flexibility index (Phi) is 3.91. The zero-order valence-electron chi connectivity index (χ0n) is 8.57. The van der Waals surface area contributed by atoms with Crippen molar-refractivity contribution < 1.29 is 9.90 Å². The molecule has 3 nitrogen and oxygen atoms in total. The van der Waals surface area contributed by atoms with E-state index in [0.29, 0.717) is 0 Å². The summed E-state index contributed by atoms with van der Waals surface area (Å²) in [5.74, 6) is -0.942. The summed E-state index contributed by atoms with van der Waals surface area (Å²) in [5, 5.41) is 8.55. The number of hydrogen-bond acceptors (Lipinski definition) is 2. The zero-order chi connectivity index (χ0) is 11.4. The fourth-order valence-electron chi connectivity index (χ4n) is 1.21. The van der Waals surface area contributed by atoms with Crippen molar-refractivity contribution in [1.29, 1.82) is 0 Å². The van der Waals surface area contributed by atoms with Crippen LogP contribution in [0.1, 0.15) is 5.56 Å². The van der Waals surface area contributed by atoms with E-state index in [9.17, 15) is 4.79 Å². The molecule has 0 amide bonds. The minimum absolute atomic E-state index is 0.880. The number of hydrogen-bond donors (Lipinski definition) is 1. The van der Waals surface area contributed by atoms with Crippen molar-refractivity contribution in [2.45, 2.75) is 0 Å². The molecule has 0 saturated carbocycles. The standard InChI is InChI=1S/C11H12BrNO2/c1-13(2)10-7-9(12)5-3-8(10)4-6-11(14)15/h3-7H,1-2H3,(H,14,15)/b6-4+. The lowest BCUT2D eigenvalue weighted by Crippen LogP contribution is -2.10. The van der Waals surface area contributed by atoms with Crippen LogP contribution in [0, 0.1) is 0 Å². The molecule has 0 aliphatic heterocycles. The Morgan fingerprint density at radius 1 is 1.47 bits per heavy atom. The van der Waals surface area contributed by atoms with Crippen molar-refractivity contribution in [2.24, 2.45) is 0 Å². The van der Waals surface area contributed by atoms with Crippen molar-refractivity contribution in [3.8, 4) is 0 Å². The first-order chi connectivity index (χ1) is 7.00. The van der Waals surface area contributed by atoms with E-state index in [1.165, 1.54) is 0 Å². The highest BCUT2D eigenvalue weighted by Crippen LogP contribution is 2.24. The second kappa shape index (κ2) is 4.98. The number of carboxylic acids is 1. The monoisotopic (exact) mass is 269 g/mol. The molecule has 1 aromatic carbocycles. The summed E-state index contributed by atoms with van der Waals surface area (Å²) >= 11 is 3.38. The van der Waals surface area contributed by atoms with Gasteiger partial charge in [-0.15, -0.1) is 0 Å². The predicted molar refractivity (Wildman–Crippen MR) is 65.1 cm³/mol. The molecule has 0 unspecified atom stereocenters. The minimum atomic E-state index is -0.942. The first-order valence-electron chi connectivity index (χ1n) is 4.38. The summed E-state index contributed by atoms with van der Waals surface area (Å²) in [6, 6.07) is 5.70. The Morgan fingerprint density at radius 2 is 2.13 bits per heavy atom. The molecule has 1 N–H and O–H groups in total. The SMILES string of the molecule is CN(C)c1cc(Br)ccc1/C=C/C(=O)O. The molecule has 0 radical (unpaired) electrons. The van der Waals surface area contributed by atoms with Gasteiger partial charge in [-0.25, -0.2) is 4.79 Å². The van der Waals surface area contributed by atoms with Gasteiger partial charge in [0.15, 0.2) is 0 Å². The Balaban J connectivity index is 3.11. The van der Waals surface area contributed by atoms with Crippen LogP contribution < -0.4 is 4.90 Å². The van der Waals surface area contributed by atoms with Gasteiger partial charge < -0.3 is 10.0 Å². The van der Waals surface area contributed by atoms with Crippen LogP contribution in [0.5, 0.6) is 0 Å². The summed E-state index contributed by atoms with van der Waals surface area (Å²) < 4.78 is 0.971. The number of anilines is 1. The van der Waals surface area contributed by atoms with Crippen LogP contribution in [0.15, 0.2) is 28.7 Å². The van der Waals surface area contributed by atoms with E-state index in [4.69, 9.17) is 5.11 Å². The number of aliphatic carboxylic acids is 1. The predicted octanol–water partition coefficient (Wildman–Crippen LogP) is 2.61. The van der Waals surface area contributed by atoms with Crippen molar-refractivity contribution in [1.82, 2.24) is 0 Å². The lowest BCUT2D eigenvalue weighted by molar-refractivity contribution is -0.131. The maximum atomic E-state index is 10.4. The normalized spacial score (nSPS) is 10.6. The van der Waals surface area contributed by atoms with E-state index in [2.05, 4.69) is 15.9 Å². The second-order valence-corrected chi connectivity index (χ2v) is 4.18. The average Bonchev–Trinajstić information content (AvgIpc) is 2.15. The third kappa shape index (κ3) is 3.40. The van der Waals surface area contributed by atoms with Crippen molar-refractivity contribution in [3.63, 3.8) is 0 Å². The topological polar surface area (TPSA) is 40.5 Å². The smallest absolute Gasteiger partial charge is 0.328 e.